The number of rotatable bonds is 10. The van der Waals surface area contributed by atoms with E-state index in [1.165, 1.54) is 13.0 Å². The number of amides is 4. The van der Waals surface area contributed by atoms with Crippen molar-refractivity contribution in [2.24, 2.45) is 5.41 Å². The topological polar surface area (TPSA) is 116 Å². The Morgan fingerprint density at radius 3 is 2.19 bits per heavy atom. The Balaban J connectivity index is 2.70. The van der Waals surface area contributed by atoms with E-state index in [9.17, 15) is 28.0 Å². The molecule has 8 nitrogen and oxygen atoms in total. The minimum absolute atomic E-state index is 0.0851. The second-order valence-electron chi connectivity index (χ2n) is 8.70. The van der Waals surface area contributed by atoms with E-state index < -0.39 is 47.3 Å². The Morgan fingerprint density at radius 1 is 0.969 bits per heavy atom. The molecular weight excluding hydrogens is 422 g/mol. The van der Waals surface area contributed by atoms with Crippen LogP contribution in [0.1, 0.15) is 53.0 Å². The summed E-state index contributed by atoms with van der Waals surface area (Å²) in [6.07, 6.45) is -0.171. The third-order valence-corrected chi connectivity index (χ3v) is 4.40. The molecule has 0 bridgehead atoms. The molecule has 0 saturated heterocycles. The quantitative estimate of drug-likeness (QED) is 0.429. The van der Waals surface area contributed by atoms with Crippen molar-refractivity contribution in [2.75, 3.05) is 6.54 Å². The fraction of sp³-hybridized carbons (Fsp3) is 0.545. The van der Waals surface area contributed by atoms with Crippen LogP contribution in [0.25, 0.3) is 0 Å². The first-order chi connectivity index (χ1) is 14.8. The highest BCUT2D eigenvalue weighted by molar-refractivity contribution is 5.94. The number of carbonyl (C=O) groups is 4. The standard InChI is InChI=1S/C22H32F2N4O4/c1-6-18(29)28-17(10-19(30)26-12-22(3,4)5)21(32)27-13(2)20(31)25-11-14-7-8-15(23)9-16(14)24/h7-9,13,17H,6,10-12H2,1-5H3,(H,25,31)(H,26,30)(H,27,32)(H,28,29)/t13-,17-/m0/s1. The summed E-state index contributed by atoms with van der Waals surface area (Å²) in [5.41, 5.74) is -0.0710. The number of hydrogen-bond acceptors (Lipinski definition) is 4. The molecule has 4 amide bonds. The van der Waals surface area contributed by atoms with Gasteiger partial charge in [-0.15, -0.1) is 0 Å². The smallest absolute Gasteiger partial charge is 0.243 e. The van der Waals surface area contributed by atoms with E-state index in [0.29, 0.717) is 12.6 Å². The molecule has 1 rings (SSSR count). The van der Waals surface area contributed by atoms with Crippen LogP contribution in [0.4, 0.5) is 8.78 Å². The van der Waals surface area contributed by atoms with Crippen molar-refractivity contribution in [1.29, 1.82) is 0 Å². The minimum Gasteiger partial charge on any atom is -0.355 e. The van der Waals surface area contributed by atoms with Crippen LogP contribution in [0, 0.1) is 17.0 Å². The summed E-state index contributed by atoms with van der Waals surface area (Å²) in [5, 5.41) is 10.1. The summed E-state index contributed by atoms with van der Waals surface area (Å²) in [4.78, 5) is 48.9. The summed E-state index contributed by atoms with van der Waals surface area (Å²) >= 11 is 0. The second-order valence-corrected chi connectivity index (χ2v) is 8.70. The molecule has 1 aromatic carbocycles. The fourth-order valence-corrected chi connectivity index (χ4v) is 2.51. The molecule has 0 saturated carbocycles. The lowest BCUT2D eigenvalue weighted by atomic mass is 9.97. The van der Waals surface area contributed by atoms with Gasteiger partial charge in [-0.3, -0.25) is 19.2 Å². The van der Waals surface area contributed by atoms with Crippen LogP contribution in [0.5, 0.6) is 0 Å². The molecule has 0 unspecified atom stereocenters. The molecule has 32 heavy (non-hydrogen) atoms. The van der Waals surface area contributed by atoms with Crippen LogP contribution in [-0.4, -0.2) is 42.3 Å². The Hall–Kier alpha value is -3.04. The van der Waals surface area contributed by atoms with Crippen molar-refractivity contribution in [3.05, 3.63) is 35.4 Å². The van der Waals surface area contributed by atoms with E-state index in [0.717, 1.165) is 6.07 Å². The number of benzene rings is 1. The van der Waals surface area contributed by atoms with Gasteiger partial charge < -0.3 is 21.3 Å². The molecule has 10 heteroatoms. The maximum atomic E-state index is 13.7. The maximum absolute atomic E-state index is 13.7. The van der Waals surface area contributed by atoms with Gasteiger partial charge in [0, 0.05) is 31.1 Å². The van der Waals surface area contributed by atoms with Gasteiger partial charge in [0.2, 0.25) is 23.6 Å². The van der Waals surface area contributed by atoms with Crippen molar-refractivity contribution in [2.45, 2.75) is 66.1 Å². The van der Waals surface area contributed by atoms with Crippen LogP contribution in [0.15, 0.2) is 18.2 Å². The maximum Gasteiger partial charge on any atom is 0.243 e. The lowest BCUT2D eigenvalue weighted by Crippen LogP contribution is -2.54. The first-order valence-electron chi connectivity index (χ1n) is 10.4. The Bertz CT molecular complexity index is 840. The van der Waals surface area contributed by atoms with E-state index in [1.807, 2.05) is 20.8 Å². The molecule has 0 heterocycles. The summed E-state index contributed by atoms with van der Waals surface area (Å²) < 4.78 is 26.7. The summed E-state index contributed by atoms with van der Waals surface area (Å²) in [5.74, 6) is -3.68. The van der Waals surface area contributed by atoms with E-state index in [1.54, 1.807) is 6.92 Å². The third kappa shape index (κ3) is 9.84. The SMILES string of the molecule is CCC(=O)N[C@@H](CC(=O)NCC(C)(C)C)C(=O)N[C@@H](C)C(=O)NCc1ccc(F)cc1F. The van der Waals surface area contributed by atoms with Gasteiger partial charge in [0.25, 0.3) is 0 Å². The zero-order valence-electron chi connectivity index (χ0n) is 19.1. The van der Waals surface area contributed by atoms with Crippen LogP contribution >= 0.6 is 0 Å². The van der Waals surface area contributed by atoms with Crippen molar-refractivity contribution in [3.8, 4) is 0 Å². The lowest BCUT2D eigenvalue weighted by molar-refractivity contribution is -0.133. The van der Waals surface area contributed by atoms with Gasteiger partial charge in [-0.2, -0.15) is 0 Å². The highest BCUT2D eigenvalue weighted by Crippen LogP contribution is 2.11. The predicted octanol–water partition coefficient (Wildman–Crippen LogP) is 1.53. The number of hydrogen-bond donors (Lipinski definition) is 4. The molecule has 1 aromatic rings. The van der Waals surface area contributed by atoms with Crippen LogP contribution < -0.4 is 21.3 Å². The molecule has 0 spiro atoms. The first kappa shape index (κ1) is 27.0. The molecule has 0 fully saturated rings. The number of halogens is 2. The third-order valence-electron chi connectivity index (χ3n) is 4.40. The summed E-state index contributed by atoms with van der Waals surface area (Å²) in [7, 11) is 0. The molecule has 178 valence electrons. The molecular formula is C22H32F2N4O4. The zero-order valence-corrected chi connectivity index (χ0v) is 19.1. The second kappa shape index (κ2) is 12.1. The van der Waals surface area contributed by atoms with Crippen LogP contribution in [0.3, 0.4) is 0 Å². The largest absolute Gasteiger partial charge is 0.355 e. The van der Waals surface area contributed by atoms with Crippen molar-refractivity contribution >= 4 is 23.6 Å². The fourth-order valence-electron chi connectivity index (χ4n) is 2.51. The normalized spacial score (nSPS) is 13.0. The van der Waals surface area contributed by atoms with Gasteiger partial charge in [0.1, 0.15) is 23.7 Å². The van der Waals surface area contributed by atoms with Crippen molar-refractivity contribution in [3.63, 3.8) is 0 Å². The lowest BCUT2D eigenvalue weighted by Gasteiger charge is -2.22. The van der Waals surface area contributed by atoms with Crippen LogP contribution in [-0.2, 0) is 25.7 Å². The molecule has 0 aliphatic rings. The molecule has 4 N–H and O–H groups in total. The highest BCUT2D eigenvalue weighted by atomic mass is 19.1. The minimum atomic E-state index is -1.16. The summed E-state index contributed by atoms with van der Waals surface area (Å²) in [6, 6.07) is 0.803. The predicted molar refractivity (Wildman–Crippen MR) is 115 cm³/mol. The molecule has 0 aromatic heterocycles. The molecule has 0 aliphatic heterocycles. The average molecular weight is 455 g/mol. The first-order valence-corrected chi connectivity index (χ1v) is 10.4. The van der Waals surface area contributed by atoms with Gasteiger partial charge in [-0.1, -0.05) is 33.8 Å². The van der Waals surface area contributed by atoms with Gasteiger partial charge in [-0.25, -0.2) is 8.78 Å². The Kier molecular flexibility index (Phi) is 10.2. The number of nitrogens with one attached hydrogen (secondary N) is 4. The van der Waals surface area contributed by atoms with Gasteiger partial charge >= 0.3 is 0 Å². The van der Waals surface area contributed by atoms with Gasteiger partial charge in [0.05, 0.1) is 6.42 Å². The van der Waals surface area contributed by atoms with Crippen molar-refractivity contribution < 1.29 is 28.0 Å². The monoisotopic (exact) mass is 454 g/mol. The van der Waals surface area contributed by atoms with E-state index in [4.69, 9.17) is 0 Å². The average Bonchev–Trinajstić information content (AvgIpc) is 2.70. The summed E-state index contributed by atoms with van der Waals surface area (Å²) in [6.45, 7) is 9.02. The van der Waals surface area contributed by atoms with E-state index >= 15 is 0 Å². The Labute approximate surface area is 186 Å². The van der Waals surface area contributed by atoms with Crippen molar-refractivity contribution in [1.82, 2.24) is 21.3 Å². The molecule has 2 atom stereocenters. The zero-order chi connectivity index (χ0) is 24.5. The van der Waals surface area contributed by atoms with Gasteiger partial charge in [-0.05, 0) is 18.4 Å². The van der Waals surface area contributed by atoms with E-state index in [-0.39, 0.29) is 30.4 Å². The van der Waals surface area contributed by atoms with Gasteiger partial charge in [0.15, 0.2) is 0 Å². The molecule has 0 radical (unpaired) electrons. The van der Waals surface area contributed by atoms with Crippen LogP contribution in [0.2, 0.25) is 0 Å². The molecule has 0 aliphatic carbocycles. The number of carbonyl (C=O) groups excluding carboxylic acids is 4. The Morgan fingerprint density at radius 2 is 1.62 bits per heavy atom. The van der Waals surface area contributed by atoms with E-state index in [2.05, 4.69) is 21.3 Å². The highest BCUT2D eigenvalue weighted by Gasteiger charge is 2.27.